The Balaban J connectivity index is 1.62. The smallest absolute Gasteiger partial charge is 0.251 e. The molecule has 6 nitrogen and oxygen atoms in total. The van der Waals surface area contributed by atoms with E-state index in [0.717, 1.165) is 45.0 Å². The number of carbonyl (C=O) groups excluding carboxylic acids is 2. The highest BCUT2D eigenvalue weighted by Crippen LogP contribution is 2.59. The molecule has 0 saturated carbocycles. The molecule has 2 aromatic heterocycles. The van der Waals surface area contributed by atoms with Crippen molar-refractivity contribution in [1.82, 2.24) is 19.6 Å². The summed E-state index contributed by atoms with van der Waals surface area (Å²) in [4.78, 5) is 28.4. The van der Waals surface area contributed by atoms with E-state index in [9.17, 15) is 9.59 Å². The minimum absolute atomic E-state index is 0.135. The molecule has 6 heteroatoms. The molecule has 0 saturated heterocycles. The molecule has 3 aliphatic carbocycles. The number of fused-ring (bicyclic) bond motifs is 1. The van der Waals surface area contributed by atoms with Gasteiger partial charge in [-0.3, -0.25) is 9.59 Å². The molecule has 4 aromatic rings. The summed E-state index contributed by atoms with van der Waals surface area (Å²) in [5.41, 5.74) is 7.65. The molecule has 0 aliphatic heterocycles. The van der Waals surface area contributed by atoms with Crippen molar-refractivity contribution in [3.8, 4) is 0 Å². The molecule has 2 bridgehead atoms. The zero-order valence-corrected chi connectivity index (χ0v) is 19.7. The summed E-state index contributed by atoms with van der Waals surface area (Å²) < 4.78 is 2.99. The molecule has 2 aromatic carbocycles. The van der Waals surface area contributed by atoms with Crippen LogP contribution in [0.3, 0.4) is 0 Å². The van der Waals surface area contributed by atoms with Crippen LogP contribution in [0.5, 0.6) is 0 Å². The van der Waals surface area contributed by atoms with Gasteiger partial charge in [0.25, 0.3) is 11.8 Å². The Bertz CT molecular complexity index is 1320. The van der Waals surface area contributed by atoms with Crippen molar-refractivity contribution in [2.24, 2.45) is 11.8 Å². The predicted octanol–water partition coefficient (Wildman–Crippen LogP) is 4.82. The van der Waals surface area contributed by atoms with E-state index in [1.807, 2.05) is 64.1 Å². The van der Waals surface area contributed by atoms with Crippen molar-refractivity contribution < 1.29 is 9.59 Å². The number of hydrogen-bond donors (Lipinski definition) is 0. The van der Waals surface area contributed by atoms with Gasteiger partial charge in [-0.2, -0.15) is 10.2 Å². The van der Waals surface area contributed by atoms with Crippen LogP contribution in [0, 0.1) is 39.5 Å². The molecular formula is C28H26N4O2. The van der Waals surface area contributed by atoms with Crippen molar-refractivity contribution in [2.75, 3.05) is 0 Å². The van der Waals surface area contributed by atoms with Crippen LogP contribution in [-0.4, -0.2) is 31.4 Å². The lowest BCUT2D eigenvalue weighted by Crippen LogP contribution is -2.50. The van der Waals surface area contributed by atoms with Crippen LogP contribution in [0.2, 0.25) is 0 Å². The average molecular weight is 451 g/mol. The first-order valence-electron chi connectivity index (χ1n) is 11.7. The van der Waals surface area contributed by atoms with Crippen molar-refractivity contribution >= 4 is 11.8 Å². The van der Waals surface area contributed by atoms with Crippen molar-refractivity contribution in [2.45, 2.75) is 39.5 Å². The Kier molecular flexibility index (Phi) is 4.49. The number of benzene rings is 2. The van der Waals surface area contributed by atoms with Gasteiger partial charge < -0.3 is 0 Å². The summed E-state index contributed by atoms with van der Waals surface area (Å²) in [5, 5.41) is 9.00. The molecule has 2 unspecified atom stereocenters. The van der Waals surface area contributed by atoms with Crippen molar-refractivity contribution in [3.05, 3.63) is 106 Å². The maximum Gasteiger partial charge on any atom is 0.251 e. The van der Waals surface area contributed by atoms with Gasteiger partial charge in [-0.1, -0.05) is 48.5 Å². The summed E-state index contributed by atoms with van der Waals surface area (Å²) in [6, 6.07) is 20.3. The quantitative estimate of drug-likeness (QED) is 0.439. The Labute approximate surface area is 198 Å². The zero-order chi connectivity index (χ0) is 23.7. The molecule has 0 N–H and O–H groups in total. The van der Waals surface area contributed by atoms with Crippen LogP contribution in [0.15, 0.2) is 60.7 Å². The molecule has 0 radical (unpaired) electrons. The van der Waals surface area contributed by atoms with Crippen LogP contribution < -0.4 is 0 Å². The van der Waals surface area contributed by atoms with Gasteiger partial charge in [0.15, 0.2) is 0 Å². The third-order valence-electron chi connectivity index (χ3n) is 7.44. The van der Waals surface area contributed by atoms with Crippen molar-refractivity contribution in [1.29, 1.82) is 0 Å². The van der Waals surface area contributed by atoms with Crippen LogP contribution in [-0.2, 0) is 0 Å². The number of hydrogen-bond acceptors (Lipinski definition) is 4. The second kappa shape index (κ2) is 7.35. The number of carbonyl (C=O) groups is 2. The number of aryl methyl sites for hydroxylation is 4. The number of nitrogens with zero attached hydrogens (tertiary/aromatic N) is 4. The molecule has 0 amide bonds. The minimum Gasteiger partial charge on any atom is -0.272 e. The largest absolute Gasteiger partial charge is 0.272 e. The van der Waals surface area contributed by atoms with Crippen molar-refractivity contribution in [3.63, 3.8) is 0 Å². The lowest BCUT2D eigenvalue weighted by atomic mass is 9.53. The summed E-state index contributed by atoms with van der Waals surface area (Å²) in [6.45, 7) is 7.54. The Morgan fingerprint density at radius 3 is 1.21 bits per heavy atom. The lowest BCUT2D eigenvalue weighted by molar-refractivity contribution is 0.0570. The molecule has 0 fully saturated rings. The fourth-order valence-electron chi connectivity index (χ4n) is 6.26. The van der Waals surface area contributed by atoms with Gasteiger partial charge in [0.1, 0.15) is 0 Å². The highest BCUT2D eigenvalue weighted by molar-refractivity contribution is 5.94. The second-order valence-electron chi connectivity index (χ2n) is 9.62. The summed E-state index contributed by atoms with van der Waals surface area (Å²) in [5.74, 6) is -1.87. The van der Waals surface area contributed by atoms with Gasteiger partial charge in [0, 0.05) is 23.2 Å². The van der Waals surface area contributed by atoms with Crippen LogP contribution >= 0.6 is 0 Å². The SMILES string of the molecule is Cc1cc(C)n(C(=O)C2C3c4ccccc4C(c4ccccc43)C2C(=O)n2nc(C)cc2C)n1. The third kappa shape index (κ3) is 2.81. The van der Waals surface area contributed by atoms with Gasteiger partial charge in [-0.15, -0.1) is 0 Å². The van der Waals surface area contributed by atoms with Crippen LogP contribution in [0.25, 0.3) is 0 Å². The van der Waals surface area contributed by atoms with Gasteiger partial charge in [0.2, 0.25) is 0 Å². The maximum atomic E-state index is 14.2. The Hall–Kier alpha value is -3.80. The average Bonchev–Trinajstić information content (AvgIpc) is 3.36. The summed E-state index contributed by atoms with van der Waals surface area (Å²) >= 11 is 0. The molecule has 34 heavy (non-hydrogen) atoms. The van der Waals surface area contributed by atoms with Gasteiger partial charge in [-0.05, 0) is 62.1 Å². The molecule has 7 rings (SSSR count). The first-order valence-corrected chi connectivity index (χ1v) is 11.7. The normalized spacial score (nSPS) is 22.4. The molecule has 0 spiro atoms. The molecule has 2 atom stereocenters. The topological polar surface area (TPSA) is 69.8 Å². The van der Waals surface area contributed by atoms with E-state index in [4.69, 9.17) is 0 Å². The first kappa shape index (κ1) is 20.8. The lowest BCUT2D eigenvalue weighted by Gasteiger charge is -2.49. The standard InChI is InChI=1S/C28H26N4O2/c1-15-13-17(3)31(29-15)27(33)25-23-19-9-5-7-11-21(19)24(22-12-8-6-10-20(22)23)26(25)28(34)32-18(4)14-16(2)30-32/h5-14,23-26H,1-4H3. The number of aromatic nitrogens is 4. The Morgan fingerprint density at radius 1 is 0.618 bits per heavy atom. The second-order valence-corrected chi connectivity index (χ2v) is 9.62. The van der Waals surface area contributed by atoms with E-state index >= 15 is 0 Å². The van der Waals surface area contributed by atoms with E-state index in [-0.39, 0.29) is 23.7 Å². The fourth-order valence-corrected chi connectivity index (χ4v) is 6.26. The van der Waals surface area contributed by atoms with E-state index < -0.39 is 11.8 Å². The summed E-state index contributed by atoms with van der Waals surface area (Å²) in [7, 11) is 0. The monoisotopic (exact) mass is 450 g/mol. The highest BCUT2D eigenvalue weighted by atomic mass is 16.2. The molecule has 2 heterocycles. The first-order chi connectivity index (χ1) is 16.4. The van der Waals surface area contributed by atoms with E-state index in [1.54, 1.807) is 0 Å². The zero-order valence-electron chi connectivity index (χ0n) is 19.7. The maximum absolute atomic E-state index is 14.2. The predicted molar refractivity (Wildman–Crippen MR) is 128 cm³/mol. The molecule has 3 aliphatic rings. The Morgan fingerprint density at radius 2 is 0.941 bits per heavy atom. The molecular weight excluding hydrogens is 424 g/mol. The van der Waals surface area contributed by atoms with E-state index in [0.29, 0.717) is 0 Å². The van der Waals surface area contributed by atoms with E-state index in [1.165, 1.54) is 9.36 Å². The fraction of sp³-hybridized carbons (Fsp3) is 0.286. The van der Waals surface area contributed by atoms with E-state index in [2.05, 4.69) is 34.5 Å². The van der Waals surface area contributed by atoms with Gasteiger partial charge in [0.05, 0.1) is 23.2 Å². The molecule has 170 valence electrons. The highest BCUT2D eigenvalue weighted by Gasteiger charge is 2.56. The summed E-state index contributed by atoms with van der Waals surface area (Å²) in [6.07, 6.45) is 0. The van der Waals surface area contributed by atoms with Gasteiger partial charge in [-0.25, -0.2) is 9.36 Å². The number of rotatable bonds is 2. The van der Waals surface area contributed by atoms with Crippen LogP contribution in [0.1, 0.15) is 66.5 Å². The van der Waals surface area contributed by atoms with Gasteiger partial charge >= 0.3 is 0 Å². The van der Waals surface area contributed by atoms with Crippen LogP contribution in [0.4, 0.5) is 0 Å². The third-order valence-corrected chi connectivity index (χ3v) is 7.44. The minimum atomic E-state index is -0.579.